The van der Waals surface area contributed by atoms with Crippen LogP contribution in [0.1, 0.15) is 0 Å². The lowest BCUT2D eigenvalue weighted by Crippen LogP contribution is -2.04. The maximum atomic E-state index is 11.4. The van der Waals surface area contributed by atoms with E-state index < -0.39 is 11.6 Å². The van der Waals surface area contributed by atoms with Crippen LogP contribution in [-0.2, 0) is 4.79 Å². The molecule has 3 aromatic rings. The standard InChI is InChI=1S/C14H8O5/c1-2-12(15)19-14-8-3-4-13(16)18-11(8)7-10-9(14)5-6-17-10/h2-7H,1H2. The Balaban J connectivity index is 2.39. The molecule has 0 atom stereocenters. The lowest BCUT2D eigenvalue weighted by molar-refractivity contribution is -0.128. The number of esters is 1. The van der Waals surface area contributed by atoms with Crippen LogP contribution in [0.25, 0.3) is 21.9 Å². The predicted octanol–water partition coefficient (Wildman–Crippen LogP) is 2.63. The van der Waals surface area contributed by atoms with Crippen molar-refractivity contribution >= 4 is 27.9 Å². The zero-order valence-electron chi connectivity index (χ0n) is 9.71. The molecule has 0 spiro atoms. The highest BCUT2D eigenvalue weighted by molar-refractivity contribution is 6.03. The van der Waals surface area contributed by atoms with Crippen molar-refractivity contribution in [3.8, 4) is 5.75 Å². The molecule has 2 heterocycles. The molecule has 1 aromatic carbocycles. The molecule has 5 nitrogen and oxygen atoms in total. The van der Waals surface area contributed by atoms with Crippen molar-refractivity contribution in [1.29, 1.82) is 0 Å². The van der Waals surface area contributed by atoms with Crippen LogP contribution in [0.3, 0.4) is 0 Å². The first kappa shape index (κ1) is 11.3. The number of benzene rings is 1. The van der Waals surface area contributed by atoms with E-state index in [1.807, 2.05) is 0 Å². The SMILES string of the molecule is C=CC(=O)Oc1c2ccoc2cc2oc(=O)ccc12. The van der Waals surface area contributed by atoms with Gasteiger partial charge in [-0.05, 0) is 12.1 Å². The van der Waals surface area contributed by atoms with E-state index in [1.165, 1.54) is 12.3 Å². The van der Waals surface area contributed by atoms with E-state index in [1.54, 1.807) is 18.2 Å². The summed E-state index contributed by atoms with van der Waals surface area (Å²) in [5.41, 5.74) is 0.273. The van der Waals surface area contributed by atoms with Crippen LogP contribution in [0.2, 0.25) is 0 Å². The number of carbonyl (C=O) groups excluding carboxylic acids is 1. The van der Waals surface area contributed by atoms with E-state index >= 15 is 0 Å². The van der Waals surface area contributed by atoms with Gasteiger partial charge in [0.2, 0.25) is 0 Å². The average Bonchev–Trinajstić information content (AvgIpc) is 2.85. The molecular formula is C14H8O5. The van der Waals surface area contributed by atoms with Crippen LogP contribution in [0, 0.1) is 0 Å². The Labute approximate surface area is 106 Å². The summed E-state index contributed by atoms with van der Waals surface area (Å²) < 4.78 is 15.5. The van der Waals surface area contributed by atoms with E-state index in [2.05, 4.69) is 6.58 Å². The van der Waals surface area contributed by atoms with Crippen molar-refractivity contribution in [2.75, 3.05) is 0 Å². The lowest BCUT2D eigenvalue weighted by Gasteiger charge is -2.06. The van der Waals surface area contributed by atoms with Crippen molar-refractivity contribution in [2.45, 2.75) is 0 Å². The third-order valence-electron chi connectivity index (χ3n) is 2.68. The van der Waals surface area contributed by atoms with Gasteiger partial charge in [0.15, 0.2) is 5.75 Å². The Morgan fingerprint density at radius 3 is 2.79 bits per heavy atom. The van der Waals surface area contributed by atoms with E-state index in [0.29, 0.717) is 21.9 Å². The molecule has 2 aromatic heterocycles. The van der Waals surface area contributed by atoms with Crippen molar-refractivity contribution in [1.82, 2.24) is 0 Å². The predicted molar refractivity (Wildman–Crippen MR) is 68.1 cm³/mol. The molecule has 0 aliphatic rings. The number of ether oxygens (including phenoxy) is 1. The Bertz CT molecular complexity index is 853. The van der Waals surface area contributed by atoms with Gasteiger partial charge in [-0.15, -0.1) is 0 Å². The van der Waals surface area contributed by atoms with Gasteiger partial charge in [-0.3, -0.25) is 0 Å². The number of furan rings is 1. The summed E-state index contributed by atoms with van der Waals surface area (Å²) >= 11 is 0. The largest absolute Gasteiger partial charge is 0.464 e. The molecule has 0 N–H and O–H groups in total. The summed E-state index contributed by atoms with van der Waals surface area (Å²) in [6.45, 7) is 3.35. The lowest BCUT2D eigenvalue weighted by atomic mass is 10.1. The second-order valence-electron chi connectivity index (χ2n) is 3.83. The molecule has 0 aliphatic heterocycles. The Morgan fingerprint density at radius 1 is 1.21 bits per heavy atom. The minimum absolute atomic E-state index is 0.287. The fourth-order valence-corrected chi connectivity index (χ4v) is 1.86. The second kappa shape index (κ2) is 4.13. The highest BCUT2D eigenvalue weighted by atomic mass is 16.5. The van der Waals surface area contributed by atoms with Gasteiger partial charge < -0.3 is 13.6 Å². The number of hydrogen-bond donors (Lipinski definition) is 0. The summed E-state index contributed by atoms with van der Waals surface area (Å²) in [4.78, 5) is 22.6. The van der Waals surface area contributed by atoms with Gasteiger partial charge >= 0.3 is 11.6 Å². The highest BCUT2D eigenvalue weighted by Gasteiger charge is 2.15. The fourth-order valence-electron chi connectivity index (χ4n) is 1.86. The number of rotatable bonds is 2. The van der Waals surface area contributed by atoms with Crippen LogP contribution in [0.15, 0.2) is 56.8 Å². The third-order valence-corrected chi connectivity index (χ3v) is 2.68. The molecule has 0 saturated carbocycles. The smallest absolute Gasteiger partial charge is 0.336 e. The average molecular weight is 256 g/mol. The zero-order chi connectivity index (χ0) is 13.4. The van der Waals surface area contributed by atoms with Crippen molar-refractivity contribution < 1.29 is 18.4 Å². The molecule has 0 amide bonds. The Morgan fingerprint density at radius 2 is 2.00 bits per heavy atom. The van der Waals surface area contributed by atoms with E-state index in [0.717, 1.165) is 6.08 Å². The molecule has 0 unspecified atom stereocenters. The molecule has 0 bridgehead atoms. The van der Waals surface area contributed by atoms with Gasteiger partial charge in [0, 0.05) is 18.2 Å². The second-order valence-corrected chi connectivity index (χ2v) is 3.83. The molecule has 19 heavy (non-hydrogen) atoms. The first-order chi connectivity index (χ1) is 9.19. The van der Waals surface area contributed by atoms with Gasteiger partial charge in [0.1, 0.15) is 11.2 Å². The van der Waals surface area contributed by atoms with Gasteiger partial charge in [0.25, 0.3) is 0 Å². The summed E-state index contributed by atoms with van der Waals surface area (Å²) in [6, 6.07) is 6.06. The van der Waals surface area contributed by atoms with Gasteiger partial charge in [-0.2, -0.15) is 0 Å². The van der Waals surface area contributed by atoms with Gasteiger partial charge in [0.05, 0.1) is 17.0 Å². The molecule has 0 aliphatic carbocycles. The summed E-state index contributed by atoms with van der Waals surface area (Å²) in [6.07, 6.45) is 2.52. The van der Waals surface area contributed by atoms with Crippen LogP contribution in [-0.4, -0.2) is 5.97 Å². The maximum absolute atomic E-state index is 11.4. The van der Waals surface area contributed by atoms with Crippen molar-refractivity contribution in [2.24, 2.45) is 0 Å². The van der Waals surface area contributed by atoms with Crippen LogP contribution in [0.4, 0.5) is 0 Å². The molecule has 3 rings (SSSR count). The number of hydrogen-bond acceptors (Lipinski definition) is 5. The topological polar surface area (TPSA) is 69.7 Å². The van der Waals surface area contributed by atoms with Gasteiger partial charge in [-0.1, -0.05) is 6.58 Å². The summed E-state index contributed by atoms with van der Waals surface area (Å²) in [5.74, 6) is -0.309. The first-order valence-corrected chi connectivity index (χ1v) is 5.47. The zero-order valence-corrected chi connectivity index (χ0v) is 9.71. The first-order valence-electron chi connectivity index (χ1n) is 5.47. The highest BCUT2D eigenvalue weighted by Crippen LogP contribution is 2.35. The minimum atomic E-state index is -0.596. The van der Waals surface area contributed by atoms with E-state index in [9.17, 15) is 9.59 Å². The molecule has 0 radical (unpaired) electrons. The van der Waals surface area contributed by atoms with Gasteiger partial charge in [-0.25, -0.2) is 9.59 Å². The monoisotopic (exact) mass is 256 g/mol. The third kappa shape index (κ3) is 1.81. The quantitative estimate of drug-likeness (QED) is 0.305. The fraction of sp³-hybridized carbons (Fsp3) is 0. The van der Waals surface area contributed by atoms with Crippen LogP contribution < -0.4 is 10.4 Å². The normalized spacial score (nSPS) is 10.7. The van der Waals surface area contributed by atoms with Crippen LogP contribution in [0.5, 0.6) is 5.75 Å². The number of fused-ring (bicyclic) bond motifs is 2. The summed E-state index contributed by atoms with van der Waals surface area (Å²) in [5, 5.41) is 1.14. The number of carbonyl (C=O) groups is 1. The summed E-state index contributed by atoms with van der Waals surface area (Å²) in [7, 11) is 0. The molecule has 5 heteroatoms. The van der Waals surface area contributed by atoms with E-state index in [-0.39, 0.29) is 5.75 Å². The van der Waals surface area contributed by atoms with Crippen molar-refractivity contribution in [3.63, 3.8) is 0 Å². The molecular weight excluding hydrogens is 248 g/mol. The Hall–Kier alpha value is -2.82. The van der Waals surface area contributed by atoms with Crippen LogP contribution >= 0.6 is 0 Å². The molecule has 0 fully saturated rings. The maximum Gasteiger partial charge on any atom is 0.336 e. The van der Waals surface area contributed by atoms with E-state index in [4.69, 9.17) is 13.6 Å². The molecule has 0 saturated heterocycles. The van der Waals surface area contributed by atoms with Crippen molar-refractivity contribution in [3.05, 3.63) is 53.6 Å². The minimum Gasteiger partial charge on any atom is -0.464 e. The molecule has 94 valence electrons. The Kier molecular flexibility index (Phi) is 2.45.